The maximum atomic E-state index is 12.6. The zero-order valence-corrected chi connectivity index (χ0v) is 17.8. The molecule has 1 spiro atoms. The Balaban J connectivity index is 0.000000360. The highest BCUT2D eigenvalue weighted by molar-refractivity contribution is 5.94. The number of β-amino-alcohol motifs (C(OH)–C–C–N with tert-alkyl or cyclic N) is 1. The van der Waals surface area contributed by atoms with Crippen LogP contribution in [0.3, 0.4) is 0 Å². The van der Waals surface area contributed by atoms with Crippen LogP contribution >= 0.6 is 0 Å². The fourth-order valence-corrected chi connectivity index (χ4v) is 4.57. The molecule has 1 aromatic carbocycles. The van der Waals surface area contributed by atoms with Gasteiger partial charge in [-0.15, -0.1) is 0 Å². The number of halogens is 3. The number of rotatable bonds is 3. The fourth-order valence-electron chi connectivity index (χ4n) is 4.57. The number of hydrogen-bond acceptors (Lipinski definition) is 5. The fraction of sp³-hybridized carbons (Fsp3) is 0.636. The second kappa shape index (κ2) is 10.2. The van der Waals surface area contributed by atoms with Gasteiger partial charge in [0.15, 0.2) is 0 Å². The molecule has 1 aromatic rings. The molecule has 2 unspecified atom stereocenters. The highest BCUT2D eigenvalue weighted by atomic mass is 19.4. The van der Waals surface area contributed by atoms with Crippen LogP contribution in [-0.2, 0) is 9.53 Å². The number of nitrogens with zero attached hydrogens (tertiary/aromatic N) is 2. The summed E-state index contributed by atoms with van der Waals surface area (Å²) in [6.45, 7) is 5.17. The number of likely N-dealkylation sites (tertiary alicyclic amines) is 2. The monoisotopic (exact) mass is 458 g/mol. The van der Waals surface area contributed by atoms with E-state index < -0.39 is 12.1 Å². The average Bonchev–Trinajstić information content (AvgIpc) is 3.34. The maximum Gasteiger partial charge on any atom is 0.490 e. The Morgan fingerprint density at radius 1 is 1.12 bits per heavy atom. The van der Waals surface area contributed by atoms with Gasteiger partial charge >= 0.3 is 12.1 Å². The van der Waals surface area contributed by atoms with Crippen LogP contribution < -0.4 is 0 Å². The molecule has 7 nitrogen and oxygen atoms in total. The third kappa shape index (κ3) is 6.43. The zero-order chi connectivity index (χ0) is 23.4. The van der Waals surface area contributed by atoms with Gasteiger partial charge in [0.2, 0.25) is 0 Å². The Morgan fingerprint density at radius 2 is 1.75 bits per heavy atom. The van der Waals surface area contributed by atoms with Crippen LogP contribution in [0.4, 0.5) is 13.2 Å². The van der Waals surface area contributed by atoms with Crippen LogP contribution in [0.25, 0.3) is 0 Å². The molecule has 3 fully saturated rings. The molecule has 0 saturated carbocycles. The first kappa shape index (κ1) is 24.5. The first-order valence-electron chi connectivity index (χ1n) is 10.7. The number of ether oxygens (including phenoxy) is 1. The van der Waals surface area contributed by atoms with E-state index in [1.54, 1.807) is 0 Å². The molecular formula is C22H29F3N2O5. The second-order valence-corrected chi connectivity index (χ2v) is 8.80. The molecule has 32 heavy (non-hydrogen) atoms. The summed E-state index contributed by atoms with van der Waals surface area (Å²) in [6, 6.07) is 9.57. The summed E-state index contributed by atoms with van der Waals surface area (Å²) in [7, 11) is 0. The van der Waals surface area contributed by atoms with Crippen molar-refractivity contribution in [2.24, 2.45) is 5.41 Å². The first-order chi connectivity index (χ1) is 15.1. The van der Waals surface area contributed by atoms with Crippen LogP contribution in [0, 0.1) is 5.41 Å². The molecule has 178 valence electrons. The number of hydrogen-bond donors (Lipinski definition) is 2. The van der Waals surface area contributed by atoms with Crippen molar-refractivity contribution in [1.82, 2.24) is 9.80 Å². The molecule has 3 aliphatic heterocycles. The van der Waals surface area contributed by atoms with E-state index in [9.17, 15) is 23.1 Å². The second-order valence-electron chi connectivity index (χ2n) is 8.80. The van der Waals surface area contributed by atoms with E-state index in [0.29, 0.717) is 0 Å². The van der Waals surface area contributed by atoms with Crippen LogP contribution in [0.15, 0.2) is 30.3 Å². The van der Waals surface area contributed by atoms with Crippen molar-refractivity contribution in [2.45, 2.75) is 44.1 Å². The van der Waals surface area contributed by atoms with Crippen LogP contribution in [0.2, 0.25) is 0 Å². The number of aliphatic hydroxyl groups excluding tert-OH is 1. The lowest BCUT2D eigenvalue weighted by Crippen LogP contribution is -2.43. The predicted molar refractivity (Wildman–Crippen MR) is 109 cm³/mol. The van der Waals surface area contributed by atoms with Gasteiger partial charge in [-0.05, 0) is 43.2 Å². The van der Waals surface area contributed by atoms with Crippen LogP contribution in [-0.4, -0.2) is 89.6 Å². The SMILES string of the molecule is O=C(O)C(F)(F)F.O=C(c1ccccc1)N1CCC2(CC1)COC(CN1CCC(O)C1)C2. The topological polar surface area (TPSA) is 90.3 Å². The predicted octanol–water partition coefficient (Wildman–Crippen LogP) is 2.40. The molecule has 2 atom stereocenters. The van der Waals surface area contributed by atoms with Gasteiger partial charge in [-0.1, -0.05) is 18.2 Å². The van der Waals surface area contributed by atoms with Crippen LogP contribution in [0.5, 0.6) is 0 Å². The van der Waals surface area contributed by atoms with E-state index in [0.717, 1.165) is 70.6 Å². The standard InChI is InChI=1S/C20H28N2O3.C2HF3O2/c23-17-6-9-21(13-17)14-18-12-20(15-25-18)7-10-22(11-8-20)19(24)16-4-2-1-3-5-16;3-2(4,5)1(6)7/h1-5,17-18,23H,6-15H2;(H,6,7). The number of alkyl halides is 3. The largest absolute Gasteiger partial charge is 0.490 e. The molecule has 3 saturated heterocycles. The number of carboxylic acid groups (broad SMARTS) is 1. The van der Waals surface area contributed by atoms with Gasteiger partial charge in [0.25, 0.3) is 5.91 Å². The van der Waals surface area contributed by atoms with E-state index in [4.69, 9.17) is 14.6 Å². The molecule has 3 heterocycles. The van der Waals surface area contributed by atoms with E-state index >= 15 is 0 Å². The Labute approximate surface area is 184 Å². The van der Waals surface area contributed by atoms with E-state index in [1.807, 2.05) is 35.2 Å². The van der Waals surface area contributed by atoms with Gasteiger partial charge in [0, 0.05) is 38.3 Å². The first-order valence-corrected chi connectivity index (χ1v) is 10.7. The third-order valence-corrected chi connectivity index (χ3v) is 6.37. The number of aliphatic carboxylic acids is 1. The van der Waals surface area contributed by atoms with E-state index in [-0.39, 0.29) is 23.5 Å². The number of amides is 1. The number of carbonyl (C=O) groups is 2. The summed E-state index contributed by atoms with van der Waals surface area (Å²) in [5.41, 5.74) is 1.03. The molecule has 0 radical (unpaired) electrons. The van der Waals surface area contributed by atoms with Gasteiger partial charge < -0.3 is 19.8 Å². The number of piperidine rings is 1. The normalized spacial score (nSPS) is 25.4. The molecule has 3 aliphatic rings. The van der Waals surface area contributed by atoms with Crippen molar-refractivity contribution < 1.29 is 37.7 Å². The van der Waals surface area contributed by atoms with Gasteiger partial charge in [0.05, 0.1) is 18.8 Å². The Kier molecular flexibility index (Phi) is 7.79. The van der Waals surface area contributed by atoms with E-state index in [1.165, 1.54) is 0 Å². The highest BCUT2D eigenvalue weighted by Crippen LogP contribution is 2.42. The molecular weight excluding hydrogens is 429 g/mol. The number of carboxylic acids is 1. The molecule has 0 aromatic heterocycles. The van der Waals surface area contributed by atoms with Crippen molar-refractivity contribution in [3.63, 3.8) is 0 Å². The lowest BCUT2D eigenvalue weighted by molar-refractivity contribution is -0.192. The van der Waals surface area contributed by atoms with Gasteiger partial charge in [-0.25, -0.2) is 4.79 Å². The summed E-state index contributed by atoms with van der Waals surface area (Å²) in [4.78, 5) is 25.8. The minimum Gasteiger partial charge on any atom is -0.475 e. The number of aliphatic hydroxyl groups is 1. The Hall–Kier alpha value is -2.17. The minimum atomic E-state index is -5.08. The summed E-state index contributed by atoms with van der Waals surface area (Å²) < 4.78 is 37.8. The number of benzene rings is 1. The lowest BCUT2D eigenvalue weighted by atomic mass is 9.76. The highest BCUT2D eigenvalue weighted by Gasteiger charge is 2.43. The summed E-state index contributed by atoms with van der Waals surface area (Å²) in [6.07, 6.45) is -0.930. The Morgan fingerprint density at radius 3 is 2.28 bits per heavy atom. The quantitative estimate of drug-likeness (QED) is 0.723. The number of carbonyl (C=O) groups excluding carboxylic acids is 1. The lowest BCUT2D eigenvalue weighted by Gasteiger charge is -2.38. The van der Waals surface area contributed by atoms with Gasteiger partial charge in [0.1, 0.15) is 0 Å². The summed E-state index contributed by atoms with van der Waals surface area (Å²) in [5.74, 6) is -2.61. The van der Waals surface area contributed by atoms with Crippen molar-refractivity contribution in [3.8, 4) is 0 Å². The maximum absolute atomic E-state index is 12.6. The van der Waals surface area contributed by atoms with Crippen molar-refractivity contribution in [2.75, 3.05) is 39.3 Å². The van der Waals surface area contributed by atoms with Crippen molar-refractivity contribution in [1.29, 1.82) is 0 Å². The molecule has 10 heteroatoms. The van der Waals surface area contributed by atoms with E-state index in [2.05, 4.69) is 4.90 Å². The van der Waals surface area contributed by atoms with Gasteiger partial charge in [-0.2, -0.15) is 13.2 Å². The zero-order valence-electron chi connectivity index (χ0n) is 17.8. The minimum absolute atomic E-state index is 0.150. The molecule has 1 amide bonds. The molecule has 0 bridgehead atoms. The Bertz CT molecular complexity index is 782. The van der Waals surface area contributed by atoms with Crippen molar-refractivity contribution in [3.05, 3.63) is 35.9 Å². The smallest absolute Gasteiger partial charge is 0.475 e. The summed E-state index contributed by atoms with van der Waals surface area (Å²) >= 11 is 0. The van der Waals surface area contributed by atoms with Crippen LogP contribution in [0.1, 0.15) is 36.0 Å². The summed E-state index contributed by atoms with van der Waals surface area (Å²) in [5, 5.41) is 16.8. The molecule has 0 aliphatic carbocycles. The third-order valence-electron chi connectivity index (χ3n) is 6.37. The molecule has 2 N–H and O–H groups in total. The van der Waals surface area contributed by atoms with Gasteiger partial charge in [-0.3, -0.25) is 9.69 Å². The van der Waals surface area contributed by atoms with Crippen molar-refractivity contribution >= 4 is 11.9 Å². The molecule has 4 rings (SSSR count). The average molecular weight is 458 g/mol.